The van der Waals surface area contributed by atoms with E-state index in [4.69, 9.17) is 4.74 Å². The molecule has 0 amide bonds. The smallest absolute Gasteiger partial charge is 0.109 e. The summed E-state index contributed by atoms with van der Waals surface area (Å²) < 4.78 is 7.71. The average Bonchev–Trinajstić information content (AvgIpc) is 3.18. The highest BCUT2D eigenvalue weighted by Crippen LogP contribution is 2.34. The van der Waals surface area contributed by atoms with Crippen LogP contribution in [0.4, 0.5) is 0 Å². The summed E-state index contributed by atoms with van der Waals surface area (Å²) in [5, 5.41) is 8.68. The van der Waals surface area contributed by atoms with E-state index in [1.807, 2.05) is 28.9 Å². The van der Waals surface area contributed by atoms with E-state index in [9.17, 15) is 0 Å². The Hall–Kier alpha value is -2.21. The zero-order valence-corrected chi connectivity index (χ0v) is 14.2. The fourth-order valence-corrected chi connectivity index (χ4v) is 3.44. The van der Waals surface area contributed by atoms with Gasteiger partial charge in [0.2, 0.25) is 0 Å². The zero-order chi connectivity index (χ0) is 16.6. The molecule has 0 saturated carbocycles. The number of fused-ring (bicyclic) bond motifs is 1. The monoisotopic (exact) mass is 325 g/mol. The topological polar surface area (TPSA) is 68.6 Å². The maximum absolute atomic E-state index is 5.79. The summed E-state index contributed by atoms with van der Waals surface area (Å²) >= 11 is 0. The lowest BCUT2D eigenvalue weighted by atomic mass is 9.86. The van der Waals surface area contributed by atoms with Crippen molar-refractivity contribution in [2.75, 3.05) is 6.61 Å². The van der Waals surface area contributed by atoms with Crippen molar-refractivity contribution in [2.24, 2.45) is 0 Å². The number of imidazole rings is 1. The molecule has 1 unspecified atom stereocenters. The summed E-state index contributed by atoms with van der Waals surface area (Å²) in [5.74, 6) is 1.43. The van der Waals surface area contributed by atoms with Gasteiger partial charge in [0.05, 0.1) is 22.3 Å². The Kier molecular flexibility index (Phi) is 3.84. The maximum atomic E-state index is 5.79. The van der Waals surface area contributed by atoms with Crippen LogP contribution in [0.2, 0.25) is 0 Å². The van der Waals surface area contributed by atoms with Crippen LogP contribution in [0.1, 0.15) is 44.1 Å². The molecule has 6 heteroatoms. The number of rotatable bonds is 4. The molecule has 1 aliphatic heterocycles. The molecule has 1 N–H and O–H groups in total. The first-order valence-corrected chi connectivity index (χ1v) is 8.57. The van der Waals surface area contributed by atoms with Crippen molar-refractivity contribution >= 4 is 11.0 Å². The highest BCUT2D eigenvalue weighted by atomic mass is 16.5. The Morgan fingerprint density at radius 2 is 2.21 bits per heavy atom. The van der Waals surface area contributed by atoms with Gasteiger partial charge >= 0.3 is 0 Å². The van der Waals surface area contributed by atoms with E-state index >= 15 is 0 Å². The SMILES string of the molecule is CC1(C)CC(c2cn(CCc3nc4ccccc4[nH]3)nn2)CCO1. The summed E-state index contributed by atoms with van der Waals surface area (Å²) in [6.45, 7) is 5.86. The second-order valence-electron chi connectivity index (χ2n) is 7.16. The maximum Gasteiger partial charge on any atom is 0.109 e. The van der Waals surface area contributed by atoms with Crippen molar-refractivity contribution < 1.29 is 4.74 Å². The Morgan fingerprint density at radius 3 is 3.04 bits per heavy atom. The molecule has 0 bridgehead atoms. The molecular formula is C18H23N5O. The van der Waals surface area contributed by atoms with Gasteiger partial charge in [-0.05, 0) is 38.8 Å². The molecule has 1 saturated heterocycles. The Bertz CT molecular complexity index is 802. The highest BCUT2D eigenvalue weighted by molar-refractivity contribution is 5.74. The first kappa shape index (κ1) is 15.3. The minimum Gasteiger partial charge on any atom is -0.376 e. The van der Waals surface area contributed by atoms with Gasteiger partial charge < -0.3 is 9.72 Å². The second kappa shape index (κ2) is 6.02. The summed E-state index contributed by atoms with van der Waals surface area (Å²) in [6.07, 6.45) is 4.91. The molecule has 3 heterocycles. The minimum atomic E-state index is -0.0685. The van der Waals surface area contributed by atoms with Crippen molar-refractivity contribution in [2.45, 2.75) is 51.2 Å². The standard InChI is InChI=1S/C18H23N5O/c1-18(2)11-13(8-10-24-18)16-12-23(22-21-16)9-7-17-19-14-5-3-4-6-15(14)20-17/h3-6,12-13H,7-11H2,1-2H3,(H,19,20). The van der Waals surface area contributed by atoms with Crippen molar-refractivity contribution in [3.8, 4) is 0 Å². The number of para-hydroxylation sites is 2. The number of nitrogens with zero attached hydrogens (tertiary/aromatic N) is 4. The fraction of sp³-hybridized carbons (Fsp3) is 0.500. The number of hydrogen-bond acceptors (Lipinski definition) is 4. The number of aromatic nitrogens is 5. The van der Waals surface area contributed by atoms with Crippen LogP contribution < -0.4 is 0 Å². The molecule has 24 heavy (non-hydrogen) atoms. The molecule has 6 nitrogen and oxygen atoms in total. The van der Waals surface area contributed by atoms with Gasteiger partial charge in [-0.15, -0.1) is 5.10 Å². The van der Waals surface area contributed by atoms with Crippen molar-refractivity contribution in [1.29, 1.82) is 0 Å². The second-order valence-corrected chi connectivity index (χ2v) is 7.16. The minimum absolute atomic E-state index is 0.0685. The van der Waals surface area contributed by atoms with Gasteiger partial charge in [-0.25, -0.2) is 4.98 Å². The van der Waals surface area contributed by atoms with Crippen LogP contribution in [-0.2, 0) is 17.7 Å². The first-order chi connectivity index (χ1) is 11.6. The van der Waals surface area contributed by atoms with E-state index < -0.39 is 0 Å². The van der Waals surface area contributed by atoms with E-state index in [0.29, 0.717) is 5.92 Å². The molecule has 4 rings (SSSR count). The van der Waals surface area contributed by atoms with Gasteiger partial charge in [0, 0.05) is 31.7 Å². The summed E-state index contributed by atoms with van der Waals surface area (Å²) in [6, 6.07) is 8.09. The number of benzene rings is 1. The zero-order valence-electron chi connectivity index (χ0n) is 14.2. The summed E-state index contributed by atoms with van der Waals surface area (Å²) in [5.41, 5.74) is 3.10. The summed E-state index contributed by atoms with van der Waals surface area (Å²) in [4.78, 5) is 7.97. The lowest BCUT2D eigenvalue weighted by molar-refractivity contribution is -0.0597. The van der Waals surface area contributed by atoms with Crippen molar-refractivity contribution in [3.05, 3.63) is 42.0 Å². The van der Waals surface area contributed by atoms with Gasteiger partial charge in [0.25, 0.3) is 0 Å². The number of nitrogens with one attached hydrogen (secondary N) is 1. The fourth-order valence-electron chi connectivity index (χ4n) is 3.44. The molecule has 1 atom stereocenters. The van der Waals surface area contributed by atoms with Gasteiger partial charge in [-0.1, -0.05) is 17.3 Å². The Balaban J connectivity index is 1.41. The number of aryl methyl sites for hydroxylation is 2. The van der Waals surface area contributed by atoms with E-state index in [1.54, 1.807) is 0 Å². The van der Waals surface area contributed by atoms with Crippen LogP contribution in [0.15, 0.2) is 30.5 Å². The number of aromatic amines is 1. The number of ether oxygens (including phenoxy) is 1. The van der Waals surface area contributed by atoms with Gasteiger partial charge in [-0.2, -0.15) is 0 Å². The molecular weight excluding hydrogens is 302 g/mol. The largest absolute Gasteiger partial charge is 0.376 e. The van der Waals surface area contributed by atoms with Crippen LogP contribution in [-0.4, -0.2) is 37.2 Å². The molecule has 0 aliphatic carbocycles. The van der Waals surface area contributed by atoms with Gasteiger partial charge in [0.15, 0.2) is 0 Å². The van der Waals surface area contributed by atoms with Crippen molar-refractivity contribution in [1.82, 2.24) is 25.0 Å². The van der Waals surface area contributed by atoms with E-state index in [1.165, 1.54) is 0 Å². The van der Waals surface area contributed by atoms with Gasteiger partial charge in [-0.3, -0.25) is 4.68 Å². The van der Waals surface area contributed by atoms with Crippen LogP contribution in [0.3, 0.4) is 0 Å². The predicted molar refractivity (Wildman–Crippen MR) is 91.8 cm³/mol. The number of hydrogen-bond donors (Lipinski definition) is 1. The molecule has 0 spiro atoms. The molecule has 2 aromatic heterocycles. The average molecular weight is 325 g/mol. The molecule has 3 aromatic rings. The lowest BCUT2D eigenvalue weighted by Gasteiger charge is -2.34. The van der Waals surface area contributed by atoms with Crippen LogP contribution >= 0.6 is 0 Å². The third-order valence-electron chi connectivity index (χ3n) is 4.69. The Morgan fingerprint density at radius 1 is 1.33 bits per heavy atom. The van der Waals surface area contributed by atoms with E-state index in [0.717, 1.165) is 55.0 Å². The lowest BCUT2D eigenvalue weighted by Crippen LogP contribution is -2.33. The highest BCUT2D eigenvalue weighted by Gasteiger charge is 2.31. The van der Waals surface area contributed by atoms with E-state index in [2.05, 4.69) is 40.3 Å². The molecule has 1 aliphatic rings. The van der Waals surface area contributed by atoms with E-state index in [-0.39, 0.29) is 5.60 Å². The van der Waals surface area contributed by atoms with Crippen LogP contribution in [0.5, 0.6) is 0 Å². The molecule has 0 radical (unpaired) electrons. The molecule has 126 valence electrons. The molecule has 1 fully saturated rings. The predicted octanol–water partition coefficient (Wildman–Crippen LogP) is 3.07. The summed E-state index contributed by atoms with van der Waals surface area (Å²) in [7, 11) is 0. The number of H-pyrrole nitrogens is 1. The normalized spacial score (nSPS) is 20.5. The Labute approximate surface area is 141 Å². The van der Waals surface area contributed by atoms with Crippen molar-refractivity contribution in [3.63, 3.8) is 0 Å². The van der Waals surface area contributed by atoms with Crippen LogP contribution in [0, 0.1) is 0 Å². The van der Waals surface area contributed by atoms with Crippen LogP contribution in [0.25, 0.3) is 11.0 Å². The quantitative estimate of drug-likeness (QED) is 0.800. The third kappa shape index (κ3) is 3.19. The third-order valence-corrected chi connectivity index (χ3v) is 4.69. The molecule has 1 aromatic carbocycles. The first-order valence-electron chi connectivity index (χ1n) is 8.57. The van der Waals surface area contributed by atoms with Gasteiger partial charge in [0.1, 0.15) is 5.82 Å².